The fourth-order valence-electron chi connectivity index (χ4n) is 3.93. The maximum Gasteiger partial charge on any atom is 0.328 e. The molecule has 10 nitrogen and oxygen atoms in total. The van der Waals surface area contributed by atoms with Crippen molar-refractivity contribution in [3.05, 3.63) is 49.5 Å². The molecule has 0 aliphatic carbocycles. The van der Waals surface area contributed by atoms with E-state index in [4.69, 9.17) is 9.47 Å². The second-order valence-electron chi connectivity index (χ2n) is 7.47. The smallest absolute Gasteiger partial charge is 0.328 e. The predicted molar refractivity (Wildman–Crippen MR) is 114 cm³/mol. The van der Waals surface area contributed by atoms with E-state index in [2.05, 4.69) is 14.3 Å². The number of aromatic nitrogens is 3. The zero-order chi connectivity index (χ0) is 21.5. The van der Waals surface area contributed by atoms with Crippen molar-refractivity contribution < 1.29 is 14.3 Å². The summed E-state index contributed by atoms with van der Waals surface area (Å²) >= 11 is 0.957. The van der Waals surface area contributed by atoms with Crippen molar-refractivity contribution in [2.45, 2.75) is 20.0 Å². The molecule has 0 bridgehead atoms. The van der Waals surface area contributed by atoms with Crippen LogP contribution in [0.1, 0.15) is 22.2 Å². The average molecular weight is 443 g/mol. The second kappa shape index (κ2) is 7.82. The number of hydrogen-bond donors (Lipinski definition) is 1. The van der Waals surface area contributed by atoms with E-state index >= 15 is 0 Å². The average Bonchev–Trinajstić information content (AvgIpc) is 3.41. The lowest BCUT2D eigenvalue weighted by molar-refractivity contribution is 0.0634. The van der Waals surface area contributed by atoms with Crippen LogP contribution in [0.15, 0.2) is 27.8 Å². The van der Waals surface area contributed by atoms with Gasteiger partial charge in [0.05, 0.1) is 5.52 Å². The first-order valence-electron chi connectivity index (χ1n) is 10.1. The number of benzene rings is 1. The molecule has 1 amide bonds. The lowest BCUT2D eigenvalue weighted by atomic mass is 10.1. The largest absolute Gasteiger partial charge is 0.454 e. The second-order valence-corrected chi connectivity index (χ2v) is 8.24. The van der Waals surface area contributed by atoms with E-state index < -0.39 is 11.2 Å². The topological polar surface area (TPSA) is 110 Å². The summed E-state index contributed by atoms with van der Waals surface area (Å²) in [6.07, 6.45) is 0. The molecule has 0 radical (unpaired) electrons. The molecule has 1 fully saturated rings. The van der Waals surface area contributed by atoms with Gasteiger partial charge in [-0.2, -0.15) is 4.37 Å². The van der Waals surface area contributed by atoms with Crippen molar-refractivity contribution in [3.63, 3.8) is 0 Å². The van der Waals surface area contributed by atoms with Crippen molar-refractivity contribution in [3.8, 4) is 11.5 Å². The Morgan fingerprint density at radius 3 is 2.71 bits per heavy atom. The maximum atomic E-state index is 13.1. The van der Waals surface area contributed by atoms with Gasteiger partial charge in [-0.3, -0.25) is 19.1 Å². The highest BCUT2D eigenvalue weighted by Gasteiger charge is 2.27. The summed E-state index contributed by atoms with van der Waals surface area (Å²) < 4.78 is 16.0. The third-order valence-electron chi connectivity index (χ3n) is 5.63. The van der Waals surface area contributed by atoms with E-state index in [0.29, 0.717) is 18.0 Å². The van der Waals surface area contributed by atoms with E-state index in [1.165, 1.54) is 0 Å². The third kappa shape index (κ3) is 3.49. The van der Waals surface area contributed by atoms with E-state index in [-0.39, 0.29) is 30.3 Å². The molecule has 1 N–H and O–H groups in total. The fourth-order valence-corrected chi connectivity index (χ4v) is 4.73. The summed E-state index contributed by atoms with van der Waals surface area (Å²) in [6, 6.07) is 5.93. The minimum atomic E-state index is -0.525. The molecule has 1 aromatic carbocycles. The molecule has 5 rings (SSSR count). The van der Waals surface area contributed by atoms with Crippen molar-refractivity contribution in [1.29, 1.82) is 0 Å². The van der Waals surface area contributed by atoms with Gasteiger partial charge in [-0.25, -0.2) is 4.79 Å². The van der Waals surface area contributed by atoms with Gasteiger partial charge in [-0.05, 0) is 36.2 Å². The lowest BCUT2D eigenvalue weighted by Crippen LogP contribution is -2.48. The molecular formula is C20H21N5O5S. The quantitative estimate of drug-likeness (QED) is 0.637. The summed E-state index contributed by atoms with van der Waals surface area (Å²) in [4.78, 5) is 44.6. The molecule has 2 aliphatic heterocycles. The fraction of sp³-hybridized carbons (Fsp3) is 0.400. The van der Waals surface area contributed by atoms with Gasteiger partial charge in [0, 0.05) is 39.3 Å². The zero-order valence-corrected chi connectivity index (χ0v) is 17.7. The Balaban J connectivity index is 1.28. The zero-order valence-electron chi connectivity index (χ0n) is 16.9. The lowest BCUT2D eigenvalue weighted by Gasteiger charge is -2.34. The predicted octanol–water partition coefficient (Wildman–Crippen LogP) is 0.853. The first-order valence-corrected chi connectivity index (χ1v) is 10.8. The summed E-state index contributed by atoms with van der Waals surface area (Å²) in [5, 5.41) is 0. The molecule has 2 aromatic heterocycles. The minimum absolute atomic E-state index is 0.135. The molecule has 0 unspecified atom stereocenters. The third-order valence-corrected chi connectivity index (χ3v) is 6.47. The Morgan fingerprint density at radius 2 is 1.94 bits per heavy atom. The van der Waals surface area contributed by atoms with E-state index in [0.717, 1.165) is 52.8 Å². The Morgan fingerprint density at radius 1 is 1.16 bits per heavy atom. The molecule has 1 saturated heterocycles. The first kappa shape index (κ1) is 19.8. The van der Waals surface area contributed by atoms with Gasteiger partial charge in [0.15, 0.2) is 17.0 Å². The van der Waals surface area contributed by atoms with Crippen LogP contribution < -0.4 is 20.7 Å². The number of carbonyl (C=O) groups is 1. The van der Waals surface area contributed by atoms with Crippen LogP contribution in [0, 0.1) is 0 Å². The summed E-state index contributed by atoms with van der Waals surface area (Å²) in [5.74, 6) is 1.32. The normalized spacial score (nSPS) is 16.2. The molecule has 0 spiro atoms. The number of carbonyl (C=O) groups excluding carboxylic acids is 1. The van der Waals surface area contributed by atoms with Crippen LogP contribution in [0.5, 0.6) is 11.5 Å². The van der Waals surface area contributed by atoms with Crippen molar-refractivity contribution in [2.75, 3.05) is 33.0 Å². The summed E-state index contributed by atoms with van der Waals surface area (Å²) in [5.41, 5.74) is 0.504. The van der Waals surface area contributed by atoms with Crippen LogP contribution in [0.3, 0.4) is 0 Å². The van der Waals surface area contributed by atoms with Gasteiger partial charge in [0.25, 0.3) is 11.5 Å². The van der Waals surface area contributed by atoms with Gasteiger partial charge < -0.3 is 19.4 Å². The van der Waals surface area contributed by atoms with Gasteiger partial charge in [-0.1, -0.05) is 6.07 Å². The van der Waals surface area contributed by atoms with Crippen molar-refractivity contribution >= 4 is 28.5 Å². The molecule has 4 heterocycles. The molecule has 0 atom stereocenters. The molecular weight excluding hydrogens is 422 g/mol. The minimum Gasteiger partial charge on any atom is -0.454 e. The molecule has 31 heavy (non-hydrogen) atoms. The van der Waals surface area contributed by atoms with Crippen LogP contribution >= 0.6 is 11.5 Å². The van der Waals surface area contributed by atoms with Gasteiger partial charge in [0.1, 0.15) is 4.88 Å². The highest BCUT2D eigenvalue weighted by molar-refractivity contribution is 7.09. The van der Waals surface area contributed by atoms with Crippen LogP contribution in [0.2, 0.25) is 0 Å². The van der Waals surface area contributed by atoms with Gasteiger partial charge in [0.2, 0.25) is 6.79 Å². The van der Waals surface area contributed by atoms with E-state index in [1.807, 2.05) is 18.2 Å². The standard InChI is InChI=1S/C20H21N5O5S/c1-2-25-18(26)16-15(21-20(25)28)17(31-22-16)19(27)24-7-5-23(6-8-24)10-12-3-4-13-14(9-12)30-11-29-13/h3-4,9H,2,5-8,10-11H2,1H3,(H,21,28). The number of hydrogen-bond acceptors (Lipinski definition) is 8. The Labute approximate surface area is 180 Å². The Hall–Kier alpha value is -3.18. The van der Waals surface area contributed by atoms with Crippen molar-refractivity contribution in [1.82, 2.24) is 23.7 Å². The highest BCUT2D eigenvalue weighted by atomic mass is 32.1. The number of nitrogens with zero attached hydrogens (tertiary/aromatic N) is 4. The summed E-state index contributed by atoms with van der Waals surface area (Å²) in [7, 11) is 0. The van der Waals surface area contributed by atoms with E-state index in [1.54, 1.807) is 11.8 Å². The number of aromatic amines is 1. The Kier molecular flexibility index (Phi) is 4.98. The monoisotopic (exact) mass is 443 g/mol. The number of amides is 1. The number of fused-ring (bicyclic) bond motifs is 2. The number of piperazine rings is 1. The Bertz CT molecular complexity index is 1270. The number of nitrogens with one attached hydrogen (secondary N) is 1. The van der Waals surface area contributed by atoms with Crippen LogP contribution in [-0.2, 0) is 13.1 Å². The maximum absolute atomic E-state index is 13.1. The van der Waals surface area contributed by atoms with E-state index in [9.17, 15) is 14.4 Å². The van der Waals surface area contributed by atoms with Gasteiger partial charge in [-0.15, -0.1) is 0 Å². The van der Waals surface area contributed by atoms with Crippen molar-refractivity contribution in [2.24, 2.45) is 0 Å². The SMILES string of the molecule is CCn1c(=O)[nH]c2c(C(=O)N3CCN(Cc4ccc5c(c4)OCO5)CC3)snc2c1=O. The van der Waals surface area contributed by atoms with Gasteiger partial charge >= 0.3 is 5.69 Å². The number of rotatable bonds is 4. The van der Waals surface area contributed by atoms with Crippen LogP contribution in [0.4, 0.5) is 0 Å². The van der Waals surface area contributed by atoms with Crippen LogP contribution in [0.25, 0.3) is 11.0 Å². The molecule has 11 heteroatoms. The molecule has 2 aliphatic rings. The highest BCUT2D eigenvalue weighted by Crippen LogP contribution is 2.33. The molecule has 162 valence electrons. The summed E-state index contributed by atoms with van der Waals surface area (Å²) in [6.45, 7) is 5.51. The molecule has 3 aromatic rings. The number of H-pyrrole nitrogens is 1. The first-order chi connectivity index (χ1) is 15.0. The number of ether oxygens (including phenoxy) is 2. The van der Waals surface area contributed by atoms with Crippen LogP contribution in [-0.4, -0.2) is 62.6 Å². The molecule has 0 saturated carbocycles.